The van der Waals surface area contributed by atoms with Crippen LogP contribution in [0.1, 0.15) is 75.3 Å². The van der Waals surface area contributed by atoms with Crippen LogP contribution in [-0.2, 0) is 4.74 Å². The first-order valence-electron chi connectivity index (χ1n) is 11.6. The standard InChI is InChI=1S/C26H34O5/c1-5-7-17(19-9-11-21(27-3)25-23(19)30-25)13-15-29-16-14-18(8-6-2)20-10-12-22(28-4)26-24(20)31-26/h9-12,17-18H,5-8,13-16H2,1-4H3. The minimum absolute atomic E-state index is 0.463. The first-order valence-corrected chi connectivity index (χ1v) is 11.6. The average molecular weight is 427 g/mol. The Hall–Kier alpha value is -2.40. The summed E-state index contributed by atoms with van der Waals surface area (Å²) >= 11 is 0. The van der Waals surface area contributed by atoms with E-state index in [4.69, 9.17) is 23.7 Å². The van der Waals surface area contributed by atoms with Crippen LogP contribution in [-0.4, -0.2) is 27.4 Å². The Bertz CT molecular complexity index is 834. The minimum atomic E-state index is 0.463. The SMILES string of the molecule is CCCC(CCOCCC(CCC)c1ccc(OC)c2c1O2)c1ccc(OC)c2c1O2. The van der Waals surface area contributed by atoms with Crippen molar-refractivity contribution in [1.29, 1.82) is 0 Å². The van der Waals surface area contributed by atoms with Crippen LogP contribution in [0.5, 0.6) is 34.5 Å². The first kappa shape index (κ1) is 21.8. The first-order chi connectivity index (χ1) is 15.2. The molecule has 0 aliphatic carbocycles. The van der Waals surface area contributed by atoms with Crippen molar-refractivity contribution in [2.24, 2.45) is 0 Å². The van der Waals surface area contributed by atoms with Gasteiger partial charge in [-0.1, -0.05) is 38.8 Å². The van der Waals surface area contributed by atoms with E-state index in [1.165, 1.54) is 11.1 Å². The van der Waals surface area contributed by atoms with E-state index in [9.17, 15) is 0 Å². The smallest absolute Gasteiger partial charge is 0.212 e. The molecule has 0 amide bonds. The monoisotopic (exact) mass is 426 g/mol. The third kappa shape index (κ3) is 4.77. The van der Waals surface area contributed by atoms with E-state index in [0.717, 1.165) is 86.2 Å². The Labute approximate surface area is 185 Å². The minimum Gasteiger partial charge on any atom is -0.493 e. The van der Waals surface area contributed by atoms with Crippen molar-refractivity contribution in [2.45, 2.75) is 64.2 Å². The highest BCUT2D eigenvalue weighted by Crippen LogP contribution is 2.58. The second-order valence-corrected chi connectivity index (χ2v) is 8.40. The number of hydrogen-bond donors (Lipinski definition) is 0. The van der Waals surface area contributed by atoms with Crippen LogP contribution >= 0.6 is 0 Å². The van der Waals surface area contributed by atoms with Crippen molar-refractivity contribution >= 4 is 0 Å². The Kier molecular flexibility index (Phi) is 6.91. The maximum atomic E-state index is 6.10. The van der Waals surface area contributed by atoms with Gasteiger partial charge in [0.25, 0.3) is 0 Å². The Morgan fingerprint density at radius 3 is 1.48 bits per heavy atom. The predicted octanol–water partition coefficient (Wildman–Crippen LogP) is 7.18. The molecular weight excluding hydrogens is 392 g/mol. The summed E-state index contributed by atoms with van der Waals surface area (Å²) in [5.41, 5.74) is 2.59. The molecule has 0 fully saturated rings. The van der Waals surface area contributed by atoms with Gasteiger partial charge < -0.3 is 23.7 Å². The molecule has 0 bridgehead atoms. The van der Waals surface area contributed by atoms with Gasteiger partial charge in [0.2, 0.25) is 11.5 Å². The molecule has 2 unspecified atom stereocenters. The zero-order chi connectivity index (χ0) is 21.8. The molecule has 2 aromatic rings. The summed E-state index contributed by atoms with van der Waals surface area (Å²) in [7, 11) is 3.37. The van der Waals surface area contributed by atoms with Crippen LogP contribution in [0.2, 0.25) is 0 Å². The van der Waals surface area contributed by atoms with E-state index in [0.29, 0.717) is 11.8 Å². The van der Waals surface area contributed by atoms with Crippen LogP contribution in [0.4, 0.5) is 0 Å². The normalized spacial score (nSPS) is 14.6. The van der Waals surface area contributed by atoms with Crippen molar-refractivity contribution in [2.75, 3.05) is 27.4 Å². The molecule has 0 N–H and O–H groups in total. The lowest BCUT2D eigenvalue weighted by Crippen LogP contribution is -2.07. The lowest BCUT2D eigenvalue weighted by molar-refractivity contribution is 0.118. The zero-order valence-electron chi connectivity index (χ0n) is 19.2. The van der Waals surface area contributed by atoms with Gasteiger partial charge in [-0.2, -0.15) is 0 Å². The zero-order valence-corrected chi connectivity index (χ0v) is 19.2. The van der Waals surface area contributed by atoms with Crippen LogP contribution in [0.25, 0.3) is 0 Å². The van der Waals surface area contributed by atoms with Crippen LogP contribution in [0, 0.1) is 0 Å². The quantitative estimate of drug-likeness (QED) is 0.158. The van der Waals surface area contributed by atoms with Crippen LogP contribution < -0.4 is 18.9 Å². The fourth-order valence-electron chi connectivity index (χ4n) is 4.62. The van der Waals surface area contributed by atoms with E-state index in [1.807, 2.05) is 12.1 Å². The molecule has 0 spiro atoms. The summed E-state index contributed by atoms with van der Waals surface area (Å²) < 4.78 is 28.2. The highest BCUT2D eigenvalue weighted by Gasteiger charge is 2.33. The highest BCUT2D eigenvalue weighted by atomic mass is 16.6. The summed E-state index contributed by atoms with van der Waals surface area (Å²) in [5, 5.41) is 0. The van der Waals surface area contributed by atoms with Gasteiger partial charge in [0.15, 0.2) is 23.0 Å². The molecule has 0 aromatic heterocycles. The number of ether oxygens (including phenoxy) is 5. The van der Waals surface area contributed by atoms with Gasteiger partial charge in [-0.25, -0.2) is 0 Å². The maximum Gasteiger partial charge on any atom is 0.212 e. The summed E-state index contributed by atoms with van der Waals surface area (Å²) in [6.45, 7) is 6.00. The third-order valence-corrected chi connectivity index (χ3v) is 6.35. The molecule has 2 heterocycles. The van der Waals surface area contributed by atoms with Crippen molar-refractivity contribution in [3.8, 4) is 34.5 Å². The van der Waals surface area contributed by atoms with Crippen molar-refractivity contribution in [3.63, 3.8) is 0 Å². The second-order valence-electron chi connectivity index (χ2n) is 8.40. The number of fused-ring (bicyclic) bond motifs is 2. The van der Waals surface area contributed by atoms with Gasteiger partial charge >= 0.3 is 0 Å². The molecule has 2 aliphatic rings. The van der Waals surface area contributed by atoms with Gasteiger partial charge in [-0.05, 0) is 49.7 Å². The molecule has 0 saturated heterocycles. The molecule has 0 radical (unpaired) electrons. The van der Waals surface area contributed by atoms with Gasteiger partial charge in [0.1, 0.15) is 0 Å². The van der Waals surface area contributed by atoms with Crippen molar-refractivity contribution < 1.29 is 23.7 Å². The van der Waals surface area contributed by atoms with E-state index >= 15 is 0 Å². The van der Waals surface area contributed by atoms with Gasteiger partial charge in [0.05, 0.1) is 14.2 Å². The Balaban J connectivity index is 1.28. The highest BCUT2D eigenvalue weighted by molar-refractivity contribution is 5.68. The largest absolute Gasteiger partial charge is 0.493 e. The van der Waals surface area contributed by atoms with Gasteiger partial charge in [-0.15, -0.1) is 0 Å². The van der Waals surface area contributed by atoms with Crippen LogP contribution in [0.3, 0.4) is 0 Å². The van der Waals surface area contributed by atoms with E-state index in [1.54, 1.807) is 14.2 Å². The molecule has 2 aromatic carbocycles. The summed E-state index contributed by atoms with van der Waals surface area (Å²) in [5.74, 6) is 6.43. The lowest BCUT2D eigenvalue weighted by Gasteiger charge is -2.18. The van der Waals surface area contributed by atoms with Gasteiger partial charge in [-0.3, -0.25) is 0 Å². The molecule has 5 heteroatoms. The fraction of sp³-hybridized carbons (Fsp3) is 0.538. The molecule has 0 saturated carbocycles. The summed E-state index contributed by atoms with van der Waals surface area (Å²) in [4.78, 5) is 0. The van der Waals surface area contributed by atoms with Crippen molar-refractivity contribution in [3.05, 3.63) is 35.4 Å². The summed E-state index contributed by atoms with van der Waals surface area (Å²) in [6.07, 6.45) is 6.59. The molecule has 31 heavy (non-hydrogen) atoms. The van der Waals surface area contributed by atoms with E-state index < -0.39 is 0 Å². The summed E-state index contributed by atoms with van der Waals surface area (Å²) in [6, 6.07) is 8.34. The lowest BCUT2D eigenvalue weighted by atomic mass is 9.91. The number of methoxy groups -OCH3 is 2. The van der Waals surface area contributed by atoms with Gasteiger partial charge in [0, 0.05) is 24.3 Å². The third-order valence-electron chi connectivity index (χ3n) is 6.35. The molecular formula is C26H34O5. The van der Waals surface area contributed by atoms with Crippen molar-refractivity contribution in [1.82, 2.24) is 0 Å². The van der Waals surface area contributed by atoms with E-state index in [-0.39, 0.29) is 0 Å². The predicted molar refractivity (Wildman–Crippen MR) is 121 cm³/mol. The maximum absolute atomic E-state index is 6.10. The average Bonchev–Trinajstić information content (AvgIpc) is 3.69. The molecule has 5 nitrogen and oxygen atoms in total. The topological polar surface area (TPSA) is 52.8 Å². The molecule has 2 aliphatic heterocycles. The Morgan fingerprint density at radius 2 is 1.10 bits per heavy atom. The molecule has 2 atom stereocenters. The molecule has 168 valence electrons. The van der Waals surface area contributed by atoms with E-state index in [2.05, 4.69) is 26.0 Å². The Morgan fingerprint density at radius 1 is 0.645 bits per heavy atom. The second kappa shape index (κ2) is 9.82. The fourth-order valence-corrected chi connectivity index (χ4v) is 4.62. The molecule has 4 rings (SSSR count). The van der Waals surface area contributed by atoms with Crippen LogP contribution in [0.15, 0.2) is 24.3 Å². The number of rotatable bonds is 14. The number of benzene rings is 2. The number of hydrogen-bond acceptors (Lipinski definition) is 5.